The molecular weight excluding hydrogens is 204 g/mol. The summed E-state index contributed by atoms with van der Waals surface area (Å²) in [5.41, 5.74) is 3.19. The summed E-state index contributed by atoms with van der Waals surface area (Å²) in [6.45, 7) is 16.2. The van der Waals surface area contributed by atoms with Crippen LogP contribution in [0.5, 0.6) is 0 Å². The first-order valence-corrected chi connectivity index (χ1v) is 6.84. The smallest absolute Gasteiger partial charge is 0.0116 e. The second-order valence-corrected chi connectivity index (χ2v) is 6.89. The lowest BCUT2D eigenvalue weighted by Crippen LogP contribution is -2.16. The molecule has 17 heavy (non-hydrogen) atoms. The van der Waals surface area contributed by atoms with Crippen LogP contribution < -0.4 is 0 Å². The molecule has 0 radical (unpaired) electrons. The van der Waals surface area contributed by atoms with Gasteiger partial charge in [0.15, 0.2) is 0 Å². The molecule has 0 unspecified atom stereocenters. The van der Waals surface area contributed by atoms with Gasteiger partial charge in [0.05, 0.1) is 0 Å². The van der Waals surface area contributed by atoms with Crippen LogP contribution in [0.15, 0.2) is 24.3 Å². The summed E-state index contributed by atoms with van der Waals surface area (Å²) in [6, 6.07) is 9.17. The van der Waals surface area contributed by atoms with Crippen molar-refractivity contribution in [3.8, 4) is 0 Å². The fourth-order valence-electron chi connectivity index (χ4n) is 2.75. The topological polar surface area (TPSA) is 0 Å². The van der Waals surface area contributed by atoms with Gasteiger partial charge < -0.3 is 0 Å². The third-order valence-electron chi connectivity index (χ3n) is 3.57. The van der Waals surface area contributed by atoms with Crippen molar-refractivity contribution in [2.45, 2.75) is 59.8 Å². The molecule has 1 aromatic carbocycles. The van der Waals surface area contributed by atoms with Crippen LogP contribution in [-0.2, 0) is 5.41 Å². The van der Waals surface area contributed by atoms with Gasteiger partial charge >= 0.3 is 0 Å². The van der Waals surface area contributed by atoms with E-state index in [4.69, 9.17) is 0 Å². The zero-order valence-electron chi connectivity index (χ0n) is 12.5. The minimum atomic E-state index is 0.245. The highest BCUT2D eigenvalue weighted by molar-refractivity contribution is 5.31. The van der Waals surface area contributed by atoms with E-state index in [1.807, 2.05) is 0 Å². The van der Waals surface area contributed by atoms with Crippen LogP contribution in [-0.4, -0.2) is 0 Å². The summed E-state index contributed by atoms with van der Waals surface area (Å²) in [7, 11) is 0. The first-order chi connectivity index (χ1) is 7.73. The van der Waals surface area contributed by atoms with Crippen molar-refractivity contribution >= 4 is 0 Å². The van der Waals surface area contributed by atoms with E-state index < -0.39 is 0 Å². The van der Waals surface area contributed by atoms with E-state index in [2.05, 4.69) is 72.7 Å². The van der Waals surface area contributed by atoms with Crippen LogP contribution in [0.25, 0.3) is 0 Å². The normalized spacial score (nSPS) is 12.8. The predicted molar refractivity (Wildman–Crippen MR) is 77.6 cm³/mol. The van der Waals surface area contributed by atoms with E-state index in [1.54, 1.807) is 0 Å². The molecule has 1 rings (SSSR count). The van der Waals surface area contributed by atoms with Crippen molar-refractivity contribution < 1.29 is 0 Å². The minimum absolute atomic E-state index is 0.245. The number of benzene rings is 1. The summed E-state index contributed by atoms with van der Waals surface area (Å²) in [6.07, 6.45) is 0. The Kier molecular flexibility index (Phi) is 4.41. The molecule has 0 heteroatoms. The quantitative estimate of drug-likeness (QED) is 0.656. The summed E-state index contributed by atoms with van der Waals surface area (Å²) < 4.78 is 0. The molecule has 0 aliphatic heterocycles. The van der Waals surface area contributed by atoms with Crippen molar-refractivity contribution in [2.24, 2.45) is 11.8 Å². The molecule has 0 amide bonds. The fraction of sp³-hybridized carbons (Fsp3) is 0.647. The van der Waals surface area contributed by atoms with Crippen molar-refractivity contribution in [1.29, 1.82) is 0 Å². The average Bonchev–Trinajstić information content (AvgIpc) is 2.15. The van der Waals surface area contributed by atoms with Crippen molar-refractivity contribution in [3.05, 3.63) is 35.4 Å². The van der Waals surface area contributed by atoms with Gasteiger partial charge in [0, 0.05) is 0 Å². The van der Waals surface area contributed by atoms with E-state index >= 15 is 0 Å². The number of hydrogen-bond donors (Lipinski definition) is 0. The number of hydrogen-bond acceptors (Lipinski definition) is 0. The second kappa shape index (κ2) is 5.25. The molecule has 0 nitrogen and oxygen atoms in total. The zero-order chi connectivity index (χ0) is 13.2. The van der Waals surface area contributed by atoms with Gasteiger partial charge in [-0.2, -0.15) is 0 Å². The van der Waals surface area contributed by atoms with Gasteiger partial charge in [-0.25, -0.2) is 0 Å². The molecule has 0 spiro atoms. The van der Waals surface area contributed by atoms with Crippen molar-refractivity contribution in [2.75, 3.05) is 0 Å². The Morgan fingerprint density at radius 2 is 1.41 bits per heavy atom. The Morgan fingerprint density at radius 1 is 0.882 bits per heavy atom. The molecule has 1 aromatic rings. The zero-order valence-corrected chi connectivity index (χ0v) is 12.5. The molecule has 0 aliphatic rings. The van der Waals surface area contributed by atoms with Crippen LogP contribution in [0.3, 0.4) is 0 Å². The van der Waals surface area contributed by atoms with E-state index in [9.17, 15) is 0 Å². The van der Waals surface area contributed by atoms with Gasteiger partial charge in [-0.3, -0.25) is 0 Å². The lowest BCUT2D eigenvalue weighted by molar-refractivity contribution is 0.387. The van der Waals surface area contributed by atoms with Gasteiger partial charge in [-0.05, 0) is 34.3 Å². The molecule has 0 heterocycles. The third kappa shape index (κ3) is 3.59. The predicted octanol–water partition coefficient (Wildman–Crippen LogP) is 5.38. The summed E-state index contributed by atoms with van der Waals surface area (Å²) in [5.74, 6) is 2.06. The van der Waals surface area contributed by atoms with Crippen LogP contribution in [0.4, 0.5) is 0 Å². The first kappa shape index (κ1) is 14.3. The molecule has 0 aliphatic carbocycles. The molecule has 0 atom stereocenters. The Morgan fingerprint density at radius 3 is 1.82 bits per heavy atom. The van der Waals surface area contributed by atoms with Gasteiger partial charge in [0.25, 0.3) is 0 Å². The Balaban J connectivity index is 3.14. The van der Waals surface area contributed by atoms with Gasteiger partial charge in [0.1, 0.15) is 0 Å². The highest BCUT2D eigenvalue weighted by atomic mass is 14.3. The van der Waals surface area contributed by atoms with Crippen LogP contribution in [0.2, 0.25) is 0 Å². The maximum Gasteiger partial charge on any atom is -0.0116 e. The summed E-state index contributed by atoms with van der Waals surface area (Å²) >= 11 is 0. The number of rotatable bonds is 3. The van der Waals surface area contributed by atoms with Gasteiger partial charge in [-0.15, -0.1) is 0 Å². The summed E-state index contributed by atoms with van der Waals surface area (Å²) in [5, 5.41) is 0. The van der Waals surface area contributed by atoms with Crippen LogP contribution in [0, 0.1) is 11.8 Å². The Bertz CT molecular complexity index is 345. The van der Waals surface area contributed by atoms with E-state index in [-0.39, 0.29) is 5.41 Å². The minimum Gasteiger partial charge on any atom is -0.0622 e. The lowest BCUT2D eigenvalue weighted by Gasteiger charge is -2.27. The van der Waals surface area contributed by atoms with Crippen molar-refractivity contribution in [3.63, 3.8) is 0 Å². The molecule has 0 saturated heterocycles. The largest absolute Gasteiger partial charge is 0.0622 e. The van der Waals surface area contributed by atoms with Crippen molar-refractivity contribution in [1.82, 2.24) is 0 Å². The second-order valence-electron chi connectivity index (χ2n) is 6.89. The average molecular weight is 232 g/mol. The molecule has 96 valence electrons. The highest BCUT2D eigenvalue weighted by Gasteiger charge is 2.21. The van der Waals surface area contributed by atoms with Gasteiger partial charge in [0.2, 0.25) is 0 Å². The standard InChI is InChI=1S/C17H28/c1-12(2)16(13(3)4)14-9-8-10-15(11-14)17(5,6)7/h8-13,16H,1-7H3. The lowest BCUT2D eigenvalue weighted by atomic mass is 9.77. The Hall–Kier alpha value is -0.780. The SMILES string of the molecule is CC(C)C(c1cccc(C(C)(C)C)c1)C(C)C. The molecule has 0 aromatic heterocycles. The Labute approximate surface area is 107 Å². The monoisotopic (exact) mass is 232 g/mol. The van der Waals surface area contributed by atoms with E-state index in [0.717, 1.165) is 0 Å². The molecule has 0 saturated carbocycles. The maximum atomic E-state index is 2.41. The molecular formula is C17H28. The first-order valence-electron chi connectivity index (χ1n) is 6.84. The van der Waals surface area contributed by atoms with Crippen LogP contribution >= 0.6 is 0 Å². The maximum absolute atomic E-state index is 2.41. The molecule has 0 bridgehead atoms. The van der Waals surface area contributed by atoms with E-state index in [1.165, 1.54) is 11.1 Å². The summed E-state index contributed by atoms with van der Waals surface area (Å²) in [4.78, 5) is 0. The van der Waals surface area contributed by atoms with Gasteiger partial charge in [-0.1, -0.05) is 72.7 Å². The highest BCUT2D eigenvalue weighted by Crippen LogP contribution is 2.34. The third-order valence-corrected chi connectivity index (χ3v) is 3.57. The fourth-order valence-corrected chi connectivity index (χ4v) is 2.75. The van der Waals surface area contributed by atoms with Crippen LogP contribution in [0.1, 0.15) is 65.5 Å². The molecule has 0 fully saturated rings. The molecule has 0 N–H and O–H groups in total. The van der Waals surface area contributed by atoms with E-state index in [0.29, 0.717) is 17.8 Å².